The lowest BCUT2D eigenvalue weighted by Gasteiger charge is -2.05. The summed E-state index contributed by atoms with van der Waals surface area (Å²) in [6.45, 7) is 0.669. The van der Waals surface area contributed by atoms with Gasteiger partial charge in [0.15, 0.2) is 5.82 Å². The highest BCUT2D eigenvalue weighted by atomic mass is 16.3. The van der Waals surface area contributed by atoms with Gasteiger partial charge in [-0.15, -0.1) is 5.10 Å². The van der Waals surface area contributed by atoms with Crippen LogP contribution in [0.2, 0.25) is 0 Å². The number of aromatic amines is 1. The molecule has 1 heterocycles. The third-order valence-corrected chi connectivity index (χ3v) is 2.47. The Morgan fingerprint density at radius 3 is 2.56 bits per heavy atom. The number of hydrogen-bond donors (Lipinski definition) is 3. The second-order valence-electron chi connectivity index (χ2n) is 4.11. The zero-order valence-electron chi connectivity index (χ0n) is 10.5. The molecule has 0 radical (unpaired) electrons. The van der Waals surface area contributed by atoms with Crippen LogP contribution in [0.15, 0.2) is 24.3 Å². The summed E-state index contributed by atoms with van der Waals surface area (Å²) in [7, 11) is 3.80. The molecule has 0 unspecified atom stereocenters. The highest BCUT2D eigenvalue weighted by molar-refractivity contribution is 5.60. The largest absolute Gasteiger partial charge is 0.395 e. The lowest BCUT2D eigenvalue weighted by atomic mass is 10.2. The third kappa shape index (κ3) is 2.78. The van der Waals surface area contributed by atoms with Crippen molar-refractivity contribution in [3.05, 3.63) is 24.3 Å². The van der Waals surface area contributed by atoms with Crippen LogP contribution in [-0.4, -0.2) is 47.5 Å². The summed E-state index contributed by atoms with van der Waals surface area (Å²) in [5, 5.41) is 18.8. The maximum atomic E-state index is 8.72. The van der Waals surface area contributed by atoms with Crippen molar-refractivity contribution in [1.29, 1.82) is 0 Å². The van der Waals surface area contributed by atoms with E-state index in [1.54, 1.807) is 0 Å². The summed E-state index contributed by atoms with van der Waals surface area (Å²) < 4.78 is 0. The molecule has 18 heavy (non-hydrogen) atoms. The predicted molar refractivity (Wildman–Crippen MR) is 71.7 cm³/mol. The molecule has 0 bridgehead atoms. The second-order valence-corrected chi connectivity index (χ2v) is 4.11. The first-order valence-corrected chi connectivity index (χ1v) is 5.75. The van der Waals surface area contributed by atoms with Crippen molar-refractivity contribution in [3.63, 3.8) is 0 Å². The maximum absolute atomic E-state index is 8.72. The van der Waals surface area contributed by atoms with Crippen molar-refractivity contribution in [2.75, 3.05) is 37.5 Å². The maximum Gasteiger partial charge on any atom is 0.244 e. The van der Waals surface area contributed by atoms with Crippen LogP contribution in [0.25, 0.3) is 11.4 Å². The van der Waals surface area contributed by atoms with Gasteiger partial charge in [0.1, 0.15) is 0 Å². The Morgan fingerprint density at radius 2 is 2.00 bits per heavy atom. The molecule has 0 spiro atoms. The van der Waals surface area contributed by atoms with E-state index >= 15 is 0 Å². The normalized spacial score (nSPS) is 10.4. The highest BCUT2D eigenvalue weighted by Crippen LogP contribution is 2.19. The number of anilines is 2. The van der Waals surface area contributed by atoms with Gasteiger partial charge in [0.25, 0.3) is 0 Å². The summed E-state index contributed by atoms with van der Waals surface area (Å²) in [6.07, 6.45) is 0. The van der Waals surface area contributed by atoms with E-state index in [-0.39, 0.29) is 6.61 Å². The lowest BCUT2D eigenvalue weighted by Crippen LogP contribution is -2.10. The molecule has 0 amide bonds. The summed E-state index contributed by atoms with van der Waals surface area (Å²) in [6, 6.07) is 7.81. The van der Waals surface area contributed by atoms with Crippen LogP contribution >= 0.6 is 0 Å². The average molecular weight is 247 g/mol. The number of benzene rings is 1. The molecular weight excluding hydrogens is 230 g/mol. The van der Waals surface area contributed by atoms with Crippen molar-refractivity contribution < 1.29 is 5.11 Å². The first-order valence-electron chi connectivity index (χ1n) is 5.75. The molecule has 0 aliphatic heterocycles. The van der Waals surface area contributed by atoms with Crippen molar-refractivity contribution in [3.8, 4) is 11.4 Å². The van der Waals surface area contributed by atoms with Crippen molar-refractivity contribution in [2.45, 2.75) is 0 Å². The molecule has 1 aromatic heterocycles. The molecule has 3 N–H and O–H groups in total. The number of aliphatic hydroxyl groups is 1. The smallest absolute Gasteiger partial charge is 0.244 e. The van der Waals surface area contributed by atoms with Crippen LogP contribution in [0.4, 0.5) is 11.6 Å². The van der Waals surface area contributed by atoms with E-state index in [4.69, 9.17) is 5.11 Å². The molecule has 0 saturated heterocycles. The molecule has 6 heteroatoms. The van der Waals surface area contributed by atoms with E-state index in [9.17, 15) is 0 Å². The number of aromatic nitrogens is 3. The van der Waals surface area contributed by atoms with Crippen LogP contribution in [0.1, 0.15) is 0 Å². The van der Waals surface area contributed by atoms with Gasteiger partial charge in [-0.1, -0.05) is 0 Å². The number of hydrogen-bond acceptors (Lipinski definition) is 5. The average Bonchev–Trinajstić information content (AvgIpc) is 2.87. The molecule has 6 nitrogen and oxygen atoms in total. The van der Waals surface area contributed by atoms with Gasteiger partial charge in [-0.2, -0.15) is 4.98 Å². The van der Waals surface area contributed by atoms with Gasteiger partial charge in [-0.05, 0) is 24.3 Å². The Kier molecular flexibility index (Phi) is 3.78. The quantitative estimate of drug-likeness (QED) is 0.733. The number of aliphatic hydroxyl groups excluding tert-OH is 1. The molecule has 0 fully saturated rings. The van der Waals surface area contributed by atoms with Crippen LogP contribution in [-0.2, 0) is 0 Å². The zero-order valence-corrected chi connectivity index (χ0v) is 10.5. The fourth-order valence-electron chi connectivity index (χ4n) is 1.53. The minimum atomic E-state index is 0.121. The van der Waals surface area contributed by atoms with Crippen LogP contribution < -0.4 is 10.2 Å². The van der Waals surface area contributed by atoms with E-state index in [0.717, 1.165) is 17.1 Å². The fraction of sp³-hybridized carbons (Fsp3) is 0.333. The predicted octanol–water partition coefficient (Wildman–Crippen LogP) is 0.942. The number of H-pyrrole nitrogens is 1. The van der Waals surface area contributed by atoms with Gasteiger partial charge in [0.2, 0.25) is 5.95 Å². The van der Waals surface area contributed by atoms with Crippen LogP contribution in [0.5, 0.6) is 0 Å². The first-order chi connectivity index (χ1) is 8.70. The SMILES string of the molecule is CN(C)c1n[nH]c(-c2ccc(NCCO)cc2)n1. The molecule has 96 valence electrons. The van der Waals surface area contributed by atoms with Gasteiger partial charge in [-0.3, -0.25) is 5.10 Å². The Labute approximate surface area is 106 Å². The molecule has 0 atom stereocenters. The molecule has 1 aromatic carbocycles. The summed E-state index contributed by atoms with van der Waals surface area (Å²) in [5.41, 5.74) is 1.95. The third-order valence-electron chi connectivity index (χ3n) is 2.47. The molecule has 2 aromatic rings. The Morgan fingerprint density at radius 1 is 1.28 bits per heavy atom. The minimum absolute atomic E-state index is 0.121. The van der Waals surface area contributed by atoms with E-state index in [1.807, 2.05) is 43.3 Å². The van der Waals surface area contributed by atoms with Gasteiger partial charge in [0, 0.05) is 31.9 Å². The second kappa shape index (κ2) is 5.50. The van der Waals surface area contributed by atoms with E-state index in [0.29, 0.717) is 12.5 Å². The first kappa shape index (κ1) is 12.4. The summed E-state index contributed by atoms with van der Waals surface area (Å²) in [5.74, 6) is 1.40. The van der Waals surface area contributed by atoms with E-state index < -0.39 is 0 Å². The van der Waals surface area contributed by atoms with Crippen molar-refractivity contribution in [2.24, 2.45) is 0 Å². The van der Waals surface area contributed by atoms with Crippen LogP contribution in [0.3, 0.4) is 0 Å². The standard InChI is InChI=1S/C12H17N5O/c1-17(2)12-14-11(15-16-12)9-3-5-10(6-4-9)13-7-8-18/h3-6,13,18H,7-8H2,1-2H3,(H,14,15,16). The number of nitrogens with zero attached hydrogens (tertiary/aromatic N) is 3. The van der Waals surface area contributed by atoms with Crippen molar-refractivity contribution >= 4 is 11.6 Å². The van der Waals surface area contributed by atoms with E-state index in [1.165, 1.54) is 0 Å². The molecular formula is C12H17N5O. The zero-order chi connectivity index (χ0) is 13.0. The number of rotatable bonds is 5. The van der Waals surface area contributed by atoms with Gasteiger partial charge in [0.05, 0.1) is 6.61 Å². The van der Waals surface area contributed by atoms with Crippen LogP contribution in [0, 0.1) is 0 Å². The molecule has 0 saturated carbocycles. The molecule has 2 rings (SSSR count). The van der Waals surface area contributed by atoms with Gasteiger partial charge in [-0.25, -0.2) is 0 Å². The minimum Gasteiger partial charge on any atom is -0.395 e. The van der Waals surface area contributed by atoms with Gasteiger partial charge < -0.3 is 15.3 Å². The Bertz CT molecular complexity index is 491. The Hall–Kier alpha value is -2.08. The summed E-state index contributed by atoms with van der Waals surface area (Å²) in [4.78, 5) is 6.22. The van der Waals surface area contributed by atoms with Crippen molar-refractivity contribution in [1.82, 2.24) is 15.2 Å². The topological polar surface area (TPSA) is 77.1 Å². The lowest BCUT2D eigenvalue weighted by molar-refractivity contribution is 0.311. The monoisotopic (exact) mass is 247 g/mol. The van der Waals surface area contributed by atoms with E-state index in [2.05, 4.69) is 20.5 Å². The molecule has 0 aliphatic carbocycles. The summed E-state index contributed by atoms with van der Waals surface area (Å²) >= 11 is 0. The van der Waals surface area contributed by atoms with Gasteiger partial charge >= 0.3 is 0 Å². The Balaban J connectivity index is 2.12. The fourth-order valence-corrected chi connectivity index (χ4v) is 1.53. The highest BCUT2D eigenvalue weighted by Gasteiger charge is 2.06. The number of nitrogens with one attached hydrogen (secondary N) is 2. The molecule has 0 aliphatic rings.